The smallest absolute Gasteiger partial charge is 0.297 e. The number of carbonyl (C=O) groups is 1. The third-order valence-corrected chi connectivity index (χ3v) is 1.11. The molecule has 0 heterocycles. The van der Waals surface area contributed by atoms with Gasteiger partial charge in [0.1, 0.15) is 0 Å². The number of amides is 1. The van der Waals surface area contributed by atoms with Gasteiger partial charge in [-0.3, -0.25) is 4.79 Å². The van der Waals surface area contributed by atoms with Gasteiger partial charge in [-0.2, -0.15) is 0 Å². The maximum absolute atomic E-state index is 10.7. The van der Waals surface area contributed by atoms with Crippen molar-refractivity contribution in [2.45, 2.75) is 13.8 Å². The highest BCUT2D eigenvalue weighted by atomic mass is 16.2. The Labute approximate surface area is 62.2 Å². The molecule has 0 N–H and O–H groups in total. The summed E-state index contributed by atoms with van der Waals surface area (Å²) in [5.74, 6) is 2.29. The van der Waals surface area contributed by atoms with Crippen molar-refractivity contribution in [1.82, 2.24) is 4.90 Å². The van der Waals surface area contributed by atoms with Crippen LogP contribution >= 0.6 is 0 Å². The van der Waals surface area contributed by atoms with Crippen LogP contribution in [0.15, 0.2) is 0 Å². The lowest BCUT2D eigenvalue weighted by Crippen LogP contribution is -2.28. The SMILES string of the molecule is C#CC(=O)N(C)CC(C)C. The Kier molecular flexibility index (Phi) is 3.56. The summed E-state index contributed by atoms with van der Waals surface area (Å²) < 4.78 is 0. The summed E-state index contributed by atoms with van der Waals surface area (Å²) in [6, 6.07) is 0. The van der Waals surface area contributed by atoms with Crippen molar-refractivity contribution in [2.24, 2.45) is 5.92 Å². The van der Waals surface area contributed by atoms with Crippen molar-refractivity contribution >= 4 is 5.91 Å². The summed E-state index contributed by atoms with van der Waals surface area (Å²) in [4.78, 5) is 12.3. The van der Waals surface area contributed by atoms with Gasteiger partial charge in [-0.05, 0) is 11.8 Å². The van der Waals surface area contributed by atoms with Crippen LogP contribution in [0.4, 0.5) is 0 Å². The molecule has 0 aromatic rings. The maximum Gasteiger partial charge on any atom is 0.297 e. The molecule has 0 aromatic carbocycles. The molecule has 0 unspecified atom stereocenters. The number of hydrogen-bond donors (Lipinski definition) is 0. The molecule has 0 rings (SSSR count). The molecule has 0 aliphatic carbocycles. The van der Waals surface area contributed by atoms with Crippen LogP contribution in [0.25, 0.3) is 0 Å². The highest BCUT2D eigenvalue weighted by Crippen LogP contribution is 1.94. The van der Waals surface area contributed by atoms with Gasteiger partial charge in [0.15, 0.2) is 0 Å². The summed E-state index contributed by atoms with van der Waals surface area (Å²) in [6.45, 7) is 4.81. The van der Waals surface area contributed by atoms with Crippen molar-refractivity contribution in [3.05, 3.63) is 0 Å². The van der Waals surface area contributed by atoms with E-state index in [4.69, 9.17) is 6.42 Å². The Bertz CT molecular complexity index is 155. The van der Waals surface area contributed by atoms with Gasteiger partial charge in [0, 0.05) is 13.6 Å². The highest BCUT2D eigenvalue weighted by molar-refractivity contribution is 5.92. The van der Waals surface area contributed by atoms with E-state index in [1.165, 1.54) is 0 Å². The second kappa shape index (κ2) is 3.94. The van der Waals surface area contributed by atoms with Gasteiger partial charge in [0.2, 0.25) is 0 Å². The predicted molar refractivity (Wildman–Crippen MR) is 41.3 cm³/mol. The number of rotatable bonds is 2. The first kappa shape index (κ1) is 9.03. The second-order valence-electron chi connectivity index (χ2n) is 2.72. The van der Waals surface area contributed by atoms with E-state index in [0.717, 1.165) is 6.54 Å². The molecule has 0 aromatic heterocycles. The summed E-state index contributed by atoms with van der Waals surface area (Å²) in [5.41, 5.74) is 0. The Morgan fingerprint density at radius 1 is 1.70 bits per heavy atom. The summed E-state index contributed by atoms with van der Waals surface area (Å²) in [5, 5.41) is 0. The molecule has 1 amide bonds. The van der Waals surface area contributed by atoms with E-state index in [1.807, 2.05) is 13.8 Å². The van der Waals surface area contributed by atoms with Crippen molar-refractivity contribution in [3.63, 3.8) is 0 Å². The molecule has 0 atom stereocenters. The third-order valence-electron chi connectivity index (χ3n) is 1.11. The van der Waals surface area contributed by atoms with Gasteiger partial charge in [-0.1, -0.05) is 13.8 Å². The monoisotopic (exact) mass is 139 g/mol. The Morgan fingerprint density at radius 3 is 2.50 bits per heavy atom. The first-order chi connectivity index (χ1) is 4.57. The fourth-order valence-corrected chi connectivity index (χ4v) is 0.741. The molecule has 0 aliphatic rings. The minimum atomic E-state index is -0.242. The molecule has 0 saturated carbocycles. The topological polar surface area (TPSA) is 20.3 Å². The van der Waals surface area contributed by atoms with Crippen LogP contribution in [0, 0.1) is 18.3 Å². The number of terminal acetylenes is 1. The first-order valence-electron chi connectivity index (χ1n) is 3.29. The molecule has 10 heavy (non-hydrogen) atoms. The predicted octanol–water partition coefficient (Wildman–Crippen LogP) is 0.734. The van der Waals surface area contributed by atoms with Gasteiger partial charge in [0.25, 0.3) is 5.91 Å². The molecule has 0 spiro atoms. The zero-order valence-electron chi connectivity index (χ0n) is 6.72. The zero-order valence-corrected chi connectivity index (χ0v) is 6.72. The van der Waals surface area contributed by atoms with Crippen LogP contribution in [0.2, 0.25) is 0 Å². The minimum absolute atomic E-state index is 0.242. The van der Waals surface area contributed by atoms with E-state index >= 15 is 0 Å². The van der Waals surface area contributed by atoms with Crippen LogP contribution in [0.5, 0.6) is 0 Å². The average Bonchev–Trinajstić information content (AvgIpc) is 1.85. The van der Waals surface area contributed by atoms with Crippen molar-refractivity contribution < 1.29 is 4.79 Å². The fourth-order valence-electron chi connectivity index (χ4n) is 0.741. The molecular formula is C8H13NO. The fraction of sp³-hybridized carbons (Fsp3) is 0.625. The molecular weight excluding hydrogens is 126 g/mol. The lowest BCUT2D eigenvalue weighted by molar-refractivity contribution is -0.124. The van der Waals surface area contributed by atoms with E-state index in [2.05, 4.69) is 5.92 Å². The molecule has 0 aliphatic heterocycles. The second-order valence-corrected chi connectivity index (χ2v) is 2.72. The van der Waals surface area contributed by atoms with Crippen LogP contribution in [-0.4, -0.2) is 24.4 Å². The largest absolute Gasteiger partial charge is 0.335 e. The maximum atomic E-state index is 10.7. The van der Waals surface area contributed by atoms with Crippen LogP contribution in [-0.2, 0) is 4.79 Å². The molecule has 2 heteroatoms. The van der Waals surface area contributed by atoms with Gasteiger partial charge >= 0.3 is 0 Å². The van der Waals surface area contributed by atoms with E-state index in [-0.39, 0.29) is 5.91 Å². The quantitative estimate of drug-likeness (QED) is 0.516. The summed E-state index contributed by atoms with van der Waals surface area (Å²) in [6.07, 6.45) is 4.91. The van der Waals surface area contributed by atoms with E-state index in [0.29, 0.717) is 5.92 Å². The minimum Gasteiger partial charge on any atom is -0.335 e. The van der Waals surface area contributed by atoms with E-state index < -0.39 is 0 Å². The third kappa shape index (κ3) is 3.13. The van der Waals surface area contributed by atoms with Crippen LogP contribution in [0.3, 0.4) is 0 Å². The molecule has 56 valence electrons. The van der Waals surface area contributed by atoms with Crippen LogP contribution < -0.4 is 0 Å². The molecule has 0 radical (unpaired) electrons. The van der Waals surface area contributed by atoms with Crippen LogP contribution in [0.1, 0.15) is 13.8 Å². The Hall–Kier alpha value is -0.970. The highest BCUT2D eigenvalue weighted by Gasteiger charge is 2.05. The number of carbonyl (C=O) groups excluding carboxylic acids is 1. The normalized spacial score (nSPS) is 9.10. The summed E-state index contributed by atoms with van der Waals surface area (Å²) in [7, 11) is 1.71. The van der Waals surface area contributed by atoms with E-state index in [1.54, 1.807) is 11.9 Å². The van der Waals surface area contributed by atoms with Crippen molar-refractivity contribution in [3.8, 4) is 12.3 Å². The average molecular weight is 139 g/mol. The van der Waals surface area contributed by atoms with Gasteiger partial charge < -0.3 is 4.90 Å². The molecule has 0 bridgehead atoms. The van der Waals surface area contributed by atoms with Gasteiger partial charge in [-0.15, -0.1) is 6.42 Å². The lowest BCUT2D eigenvalue weighted by Gasteiger charge is -2.15. The molecule has 0 saturated heterocycles. The number of nitrogens with zero attached hydrogens (tertiary/aromatic N) is 1. The standard InChI is InChI=1S/C8H13NO/c1-5-8(10)9(4)6-7(2)3/h1,7H,6H2,2-4H3. The Balaban J connectivity index is 3.76. The van der Waals surface area contributed by atoms with Crippen molar-refractivity contribution in [2.75, 3.05) is 13.6 Å². The molecule has 0 fully saturated rings. The zero-order chi connectivity index (χ0) is 8.15. The van der Waals surface area contributed by atoms with Crippen molar-refractivity contribution in [1.29, 1.82) is 0 Å². The summed E-state index contributed by atoms with van der Waals surface area (Å²) >= 11 is 0. The van der Waals surface area contributed by atoms with Gasteiger partial charge in [-0.25, -0.2) is 0 Å². The Morgan fingerprint density at radius 2 is 2.20 bits per heavy atom. The molecule has 2 nitrogen and oxygen atoms in total. The van der Waals surface area contributed by atoms with Gasteiger partial charge in [0.05, 0.1) is 0 Å². The van der Waals surface area contributed by atoms with E-state index in [9.17, 15) is 4.79 Å². The lowest BCUT2D eigenvalue weighted by atomic mass is 10.2. The first-order valence-corrected chi connectivity index (χ1v) is 3.29. The number of hydrogen-bond acceptors (Lipinski definition) is 1.